The van der Waals surface area contributed by atoms with Gasteiger partial charge in [0.05, 0.1) is 4.90 Å². The van der Waals surface area contributed by atoms with Crippen molar-refractivity contribution in [2.24, 2.45) is 5.92 Å². The van der Waals surface area contributed by atoms with Crippen LogP contribution in [-0.2, 0) is 14.8 Å². The number of benzene rings is 1. The van der Waals surface area contributed by atoms with Crippen molar-refractivity contribution < 1.29 is 18.0 Å². The molecule has 0 heterocycles. The van der Waals surface area contributed by atoms with E-state index in [-0.39, 0.29) is 34.7 Å². The van der Waals surface area contributed by atoms with Gasteiger partial charge in [-0.2, -0.15) is 0 Å². The first-order valence-electron chi connectivity index (χ1n) is 7.33. The van der Waals surface area contributed by atoms with Crippen LogP contribution >= 0.6 is 0 Å². The van der Waals surface area contributed by atoms with Gasteiger partial charge >= 0.3 is 0 Å². The van der Waals surface area contributed by atoms with E-state index >= 15 is 0 Å². The first-order valence-corrected chi connectivity index (χ1v) is 8.81. The van der Waals surface area contributed by atoms with Gasteiger partial charge in [-0.1, -0.05) is 19.9 Å². The third-order valence-corrected chi connectivity index (χ3v) is 4.36. The van der Waals surface area contributed by atoms with E-state index in [1.165, 1.54) is 24.3 Å². The normalized spacial score (nSPS) is 11.6. The zero-order valence-corrected chi connectivity index (χ0v) is 14.5. The number of nitrogens with one attached hydrogen (secondary N) is 3. The maximum absolute atomic E-state index is 12.1. The van der Waals surface area contributed by atoms with E-state index in [2.05, 4.69) is 15.6 Å². The minimum Gasteiger partial charge on any atom is -0.273 e. The maximum atomic E-state index is 12.1. The fraction of sp³-hybridized carbons (Fsp3) is 0.467. The summed E-state index contributed by atoms with van der Waals surface area (Å²) in [5.74, 6) is -0.718. The molecule has 0 aliphatic heterocycles. The van der Waals surface area contributed by atoms with Gasteiger partial charge in [0.25, 0.3) is 5.91 Å². The molecule has 0 unspecified atom stereocenters. The van der Waals surface area contributed by atoms with E-state index in [9.17, 15) is 18.0 Å². The fourth-order valence-corrected chi connectivity index (χ4v) is 3.10. The van der Waals surface area contributed by atoms with Crippen molar-refractivity contribution in [3.05, 3.63) is 29.8 Å². The van der Waals surface area contributed by atoms with Crippen LogP contribution in [0.2, 0.25) is 0 Å². The highest BCUT2D eigenvalue weighted by molar-refractivity contribution is 7.89. The van der Waals surface area contributed by atoms with Gasteiger partial charge in [0.15, 0.2) is 0 Å². The molecule has 1 aromatic rings. The summed E-state index contributed by atoms with van der Waals surface area (Å²) in [4.78, 5) is 23.5. The molecule has 0 spiro atoms. The Labute approximate surface area is 136 Å². The Morgan fingerprint density at radius 1 is 1.09 bits per heavy atom. The lowest BCUT2D eigenvalue weighted by Crippen LogP contribution is -2.42. The number of amides is 2. The van der Waals surface area contributed by atoms with E-state index in [0.717, 1.165) is 0 Å². The number of hydrogen-bond acceptors (Lipinski definition) is 4. The molecule has 0 bridgehead atoms. The molecule has 0 fully saturated rings. The molecule has 1 rings (SSSR count). The van der Waals surface area contributed by atoms with Crippen molar-refractivity contribution in [2.75, 3.05) is 0 Å². The van der Waals surface area contributed by atoms with Gasteiger partial charge in [0.1, 0.15) is 0 Å². The lowest BCUT2D eigenvalue weighted by Gasteiger charge is -2.11. The minimum atomic E-state index is -3.68. The summed E-state index contributed by atoms with van der Waals surface area (Å²) in [6, 6.07) is 5.35. The van der Waals surface area contributed by atoms with Crippen LogP contribution in [0.5, 0.6) is 0 Å². The van der Waals surface area contributed by atoms with Crippen LogP contribution in [0.1, 0.15) is 44.5 Å². The van der Waals surface area contributed by atoms with Crippen molar-refractivity contribution in [3.8, 4) is 0 Å². The summed E-state index contributed by atoms with van der Waals surface area (Å²) in [5.41, 5.74) is 4.71. The van der Waals surface area contributed by atoms with Crippen molar-refractivity contribution in [1.29, 1.82) is 0 Å². The maximum Gasteiger partial charge on any atom is 0.269 e. The van der Waals surface area contributed by atoms with Crippen molar-refractivity contribution in [2.45, 2.75) is 45.1 Å². The van der Waals surface area contributed by atoms with E-state index < -0.39 is 15.9 Å². The molecule has 1 aromatic carbocycles. The topological polar surface area (TPSA) is 104 Å². The second-order valence-corrected chi connectivity index (χ2v) is 7.62. The van der Waals surface area contributed by atoms with Crippen molar-refractivity contribution in [1.82, 2.24) is 15.6 Å². The van der Waals surface area contributed by atoms with Gasteiger partial charge in [0, 0.05) is 18.0 Å². The monoisotopic (exact) mass is 341 g/mol. The van der Waals surface area contributed by atoms with Gasteiger partial charge in [-0.15, -0.1) is 0 Å². The molecule has 2 amide bonds. The Kier molecular flexibility index (Phi) is 6.71. The van der Waals surface area contributed by atoms with Gasteiger partial charge in [-0.05, 0) is 38.0 Å². The summed E-state index contributed by atoms with van der Waals surface area (Å²) in [6.07, 6.45) is 0.285. The average Bonchev–Trinajstić information content (AvgIpc) is 2.43. The molecule has 0 aliphatic rings. The quantitative estimate of drug-likeness (QED) is 0.676. The van der Waals surface area contributed by atoms with Gasteiger partial charge < -0.3 is 0 Å². The molecular weight excluding hydrogens is 318 g/mol. The van der Waals surface area contributed by atoms with Crippen LogP contribution in [0.3, 0.4) is 0 Å². The standard InChI is InChI=1S/C15H23N3O4S/c1-10(2)8-14(19)16-17-15(20)12-6-5-7-13(9-12)23(21,22)18-11(3)4/h5-7,9-11,18H,8H2,1-4H3,(H,16,19)(H,17,20). The molecule has 0 saturated heterocycles. The third kappa shape index (κ3) is 6.37. The largest absolute Gasteiger partial charge is 0.273 e. The molecule has 0 radical (unpaired) electrons. The number of carbonyl (C=O) groups excluding carboxylic acids is 2. The van der Waals surface area contributed by atoms with Crippen LogP contribution < -0.4 is 15.6 Å². The Balaban J connectivity index is 2.80. The Bertz CT molecular complexity index is 669. The lowest BCUT2D eigenvalue weighted by atomic mass is 10.1. The van der Waals surface area contributed by atoms with Crippen LogP contribution in [0.15, 0.2) is 29.2 Å². The summed E-state index contributed by atoms with van der Waals surface area (Å²) in [5, 5.41) is 0. The Morgan fingerprint density at radius 3 is 2.30 bits per heavy atom. The second-order valence-electron chi connectivity index (χ2n) is 5.90. The highest BCUT2D eigenvalue weighted by Crippen LogP contribution is 2.12. The molecule has 8 heteroatoms. The Hall–Kier alpha value is -1.93. The minimum absolute atomic E-state index is 0.00708. The Morgan fingerprint density at radius 2 is 1.74 bits per heavy atom. The number of hydrogen-bond donors (Lipinski definition) is 3. The molecule has 0 aromatic heterocycles. The molecule has 23 heavy (non-hydrogen) atoms. The molecular formula is C15H23N3O4S. The highest BCUT2D eigenvalue weighted by Gasteiger charge is 2.17. The summed E-state index contributed by atoms with van der Waals surface area (Å²) < 4.78 is 26.6. The third-order valence-electron chi connectivity index (χ3n) is 2.71. The zero-order chi connectivity index (χ0) is 17.6. The number of carbonyl (C=O) groups is 2. The number of hydrazine groups is 1. The van der Waals surface area contributed by atoms with Crippen molar-refractivity contribution >= 4 is 21.8 Å². The van der Waals surface area contributed by atoms with Crippen LogP contribution in [0, 0.1) is 5.92 Å². The van der Waals surface area contributed by atoms with Crippen LogP contribution in [0.25, 0.3) is 0 Å². The smallest absolute Gasteiger partial charge is 0.269 e. The SMILES string of the molecule is CC(C)CC(=O)NNC(=O)c1cccc(S(=O)(=O)NC(C)C)c1. The first kappa shape index (κ1) is 19.1. The molecule has 7 nitrogen and oxygen atoms in total. The average molecular weight is 341 g/mol. The summed E-state index contributed by atoms with van der Waals surface area (Å²) in [6.45, 7) is 7.19. The summed E-state index contributed by atoms with van der Waals surface area (Å²) in [7, 11) is -3.68. The van der Waals surface area contributed by atoms with E-state index in [0.29, 0.717) is 0 Å². The molecule has 0 aliphatic carbocycles. The van der Waals surface area contributed by atoms with Crippen molar-refractivity contribution in [3.63, 3.8) is 0 Å². The lowest BCUT2D eigenvalue weighted by molar-refractivity contribution is -0.122. The van der Waals surface area contributed by atoms with E-state index in [1.807, 2.05) is 13.8 Å². The predicted octanol–water partition coefficient (Wildman–Crippen LogP) is 1.18. The van der Waals surface area contributed by atoms with Crippen LogP contribution in [0.4, 0.5) is 0 Å². The van der Waals surface area contributed by atoms with Gasteiger partial charge in [-0.3, -0.25) is 20.4 Å². The van der Waals surface area contributed by atoms with Gasteiger partial charge in [0.2, 0.25) is 15.9 Å². The fourth-order valence-electron chi connectivity index (χ4n) is 1.80. The predicted molar refractivity (Wildman–Crippen MR) is 87.0 cm³/mol. The molecule has 3 N–H and O–H groups in total. The molecule has 0 atom stereocenters. The molecule has 0 saturated carbocycles. The second kappa shape index (κ2) is 8.07. The van der Waals surface area contributed by atoms with Crippen LogP contribution in [-0.4, -0.2) is 26.3 Å². The van der Waals surface area contributed by atoms with Gasteiger partial charge in [-0.25, -0.2) is 13.1 Å². The summed E-state index contributed by atoms with van der Waals surface area (Å²) >= 11 is 0. The molecule has 128 valence electrons. The zero-order valence-electron chi connectivity index (χ0n) is 13.7. The van der Waals surface area contributed by atoms with E-state index in [4.69, 9.17) is 0 Å². The van der Waals surface area contributed by atoms with E-state index in [1.54, 1.807) is 13.8 Å². The first-order chi connectivity index (χ1) is 10.6. The number of sulfonamides is 1. The highest BCUT2D eigenvalue weighted by atomic mass is 32.2. The number of rotatable bonds is 6.